The van der Waals surface area contributed by atoms with Crippen molar-refractivity contribution >= 4 is 29.1 Å². The van der Waals surface area contributed by atoms with Crippen LogP contribution < -0.4 is 10.6 Å². The van der Waals surface area contributed by atoms with Crippen LogP contribution in [0.2, 0.25) is 0 Å². The maximum Gasteiger partial charge on any atom is 0.410 e. The minimum atomic E-state index is -0.279. The maximum absolute atomic E-state index is 12.5. The quantitative estimate of drug-likeness (QED) is 0.787. The van der Waals surface area contributed by atoms with Gasteiger partial charge in [0.15, 0.2) is 0 Å². The molecule has 2 N–H and O–H groups in total. The number of cyclic esters (lactones) is 1. The summed E-state index contributed by atoms with van der Waals surface area (Å²) >= 11 is 1.64. The average molecular weight is 388 g/mol. The molecule has 3 rings (SSSR count). The summed E-state index contributed by atoms with van der Waals surface area (Å²) < 4.78 is 4.93. The third-order valence-corrected chi connectivity index (χ3v) is 5.34. The highest BCUT2D eigenvalue weighted by Gasteiger charge is 2.28. The summed E-state index contributed by atoms with van der Waals surface area (Å²) in [5, 5.41) is 7.98. The van der Waals surface area contributed by atoms with Crippen molar-refractivity contribution in [2.24, 2.45) is 5.41 Å². The number of benzene rings is 1. The van der Waals surface area contributed by atoms with E-state index in [1.165, 1.54) is 0 Å². The van der Waals surface area contributed by atoms with Crippen LogP contribution in [0.25, 0.3) is 0 Å². The van der Waals surface area contributed by atoms with E-state index in [0.29, 0.717) is 25.4 Å². The molecule has 0 radical (unpaired) electrons. The zero-order valence-corrected chi connectivity index (χ0v) is 16.6. The topological polar surface area (TPSA) is 70.7 Å². The SMILES string of the molecule is CC(C)(C)[C@@H](NC(=O)Nc1ccc(CN2CCOC2=O)cc1)c1cccs1. The summed E-state index contributed by atoms with van der Waals surface area (Å²) in [6.07, 6.45) is -0.279. The van der Waals surface area contributed by atoms with Crippen LogP contribution in [0.5, 0.6) is 0 Å². The highest BCUT2D eigenvalue weighted by molar-refractivity contribution is 7.10. The third kappa shape index (κ3) is 5.01. The van der Waals surface area contributed by atoms with E-state index in [0.717, 1.165) is 10.4 Å². The number of carbonyl (C=O) groups excluding carboxylic acids is 2. The minimum Gasteiger partial charge on any atom is -0.448 e. The number of rotatable bonds is 5. The Hall–Kier alpha value is -2.54. The van der Waals surface area contributed by atoms with Gasteiger partial charge >= 0.3 is 12.1 Å². The number of nitrogens with one attached hydrogen (secondary N) is 2. The molecule has 2 aromatic rings. The molecule has 0 aliphatic carbocycles. The minimum absolute atomic E-state index is 0.0713. The first-order chi connectivity index (χ1) is 12.8. The number of ether oxygens (including phenoxy) is 1. The van der Waals surface area contributed by atoms with Crippen LogP contribution in [-0.2, 0) is 11.3 Å². The first-order valence-corrected chi connectivity index (χ1v) is 9.82. The Labute approximate surface area is 163 Å². The van der Waals surface area contributed by atoms with Crippen molar-refractivity contribution < 1.29 is 14.3 Å². The number of thiophene rings is 1. The van der Waals surface area contributed by atoms with Crippen LogP contribution in [0.15, 0.2) is 41.8 Å². The van der Waals surface area contributed by atoms with E-state index in [1.54, 1.807) is 16.2 Å². The molecular weight excluding hydrogens is 362 g/mol. The lowest BCUT2D eigenvalue weighted by Gasteiger charge is -2.30. The molecule has 1 aromatic carbocycles. The van der Waals surface area contributed by atoms with Gasteiger partial charge in [-0.2, -0.15) is 0 Å². The van der Waals surface area contributed by atoms with Gasteiger partial charge in [0.2, 0.25) is 0 Å². The van der Waals surface area contributed by atoms with Crippen molar-refractivity contribution in [3.05, 3.63) is 52.2 Å². The number of carbonyl (C=O) groups is 2. The second-order valence-corrected chi connectivity index (χ2v) is 8.63. The van der Waals surface area contributed by atoms with E-state index in [-0.39, 0.29) is 23.6 Å². The second-order valence-electron chi connectivity index (χ2n) is 7.65. The van der Waals surface area contributed by atoms with E-state index in [1.807, 2.05) is 41.8 Å². The Bertz CT molecular complexity index is 782. The molecule has 0 saturated carbocycles. The van der Waals surface area contributed by atoms with E-state index in [4.69, 9.17) is 4.74 Å². The number of anilines is 1. The molecule has 1 atom stereocenters. The number of amides is 3. The summed E-state index contributed by atoms with van der Waals surface area (Å²) in [5.41, 5.74) is 1.60. The van der Waals surface area contributed by atoms with Gasteiger partial charge in [-0.25, -0.2) is 9.59 Å². The average Bonchev–Trinajstić information content (AvgIpc) is 3.26. The fourth-order valence-electron chi connectivity index (χ4n) is 2.95. The zero-order valence-electron chi connectivity index (χ0n) is 15.8. The summed E-state index contributed by atoms with van der Waals surface area (Å²) in [4.78, 5) is 26.8. The number of hydrogen-bond donors (Lipinski definition) is 2. The van der Waals surface area contributed by atoms with Gasteiger partial charge < -0.3 is 20.3 Å². The maximum atomic E-state index is 12.5. The predicted molar refractivity (Wildman–Crippen MR) is 107 cm³/mol. The molecule has 1 saturated heterocycles. The van der Waals surface area contributed by atoms with Crippen molar-refractivity contribution in [3.8, 4) is 0 Å². The lowest BCUT2D eigenvalue weighted by atomic mass is 9.86. The number of urea groups is 1. The Balaban J connectivity index is 1.59. The van der Waals surface area contributed by atoms with Crippen molar-refractivity contribution in [2.75, 3.05) is 18.5 Å². The fourth-order valence-corrected chi connectivity index (χ4v) is 3.97. The first kappa shape index (κ1) is 19.2. The molecule has 27 heavy (non-hydrogen) atoms. The van der Waals surface area contributed by atoms with Crippen molar-refractivity contribution in [1.82, 2.24) is 10.2 Å². The smallest absolute Gasteiger partial charge is 0.410 e. The van der Waals surface area contributed by atoms with Crippen LogP contribution in [0.4, 0.5) is 15.3 Å². The Morgan fingerprint density at radius 3 is 2.56 bits per heavy atom. The molecule has 0 unspecified atom stereocenters. The molecular formula is C20H25N3O3S. The van der Waals surface area contributed by atoms with Gasteiger partial charge in [0.05, 0.1) is 12.6 Å². The Morgan fingerprint density at radius 1 is 1.26 bits per heavy atom. The highest BCUT2D eigenvalue weighted by Crippen LogP contribution is 2.35. The highest BCUT2D eigenvalue weighted by atomic mass is 32.1. The molecule has 1 aliphatic rings. The van der Waals surface area contributed by atoms with Gasteiger partial charge in [0.1, 0.15) is 6.61 Å². The third-order valence-electron chi connectivity index (χ3n) is 4.40. The molecule has 1 aliphatic heterocycles. The predicted octanol–water partition coefficient (Wildman–Crippen LogP) is 4.61. The Kier molecular flexibility index (Phi) is 5.70. The van der Waals surface area contributed by atoms with Crippen molar-refractivity contribution in [3.63, 3.8) is 0 Å². The van der Waals surface area contributed by atoms with Crippen LogP contribution in [0.1, 0.15) is 37.3 Å². The Morgan fingerprint density at radius 2 is 2.00 bits per heavy atom. The largest absolute Gasteiger partial charge is 0.448 e. The second kappa shape index (κ2) is 8.00. The molecule has 6 nitrogen and oxygen atoms in total. The summed E-state index contributed by atoms with van der Waals surface area (Å²) in [7, 11) is 0. The van der Waals surface area contributed by atoms with Crippen LogP contribution in [-0.4, -0.2) is 30.2 Å². The lowest BCUT2D eigenvalue weighted by molar-refractivity contribution is 0.157. The standard InChI is InChI=1S/C20H25N3O3S/c1-20(2,3)17(16-5-4-12-27-16)22-18(24)21-15-8-6-14(7-9-15)13-23-10-11-26-19(23)25/h4-9,12,17H,10-11,13H2,1-3H3,(H2,21,22,24)/t17-/m0/s1. The van der Waals surface area contributed by atoms with Gasteiger partial charge in [-0.15, -0.1) is 11.3 Å². The lowest BCUT2D eigenvalue weighted by Crippen LogP contribution is -2.38. The van der Waals surface area contributed by atoms with Crippen LogP contribution >= 0.6 is 11.3 Å². The molecule has 0 spiro atoms. The van der Waals surface area contributed by atoms with Gasteiger partial charge in [0, 0.05) is 17.1 Å². The molecule has 1 aromatic heterocycles. The van der Waals surface area contributed by atoms with E-state index in [9.17, 15) is 9.59 Å². The first-order valence-electron chi connectivity index (χ1n) is 8.94. The molecule has 0 bridgehead atoms. The molecule has 1 fully saturated rings. The molecule has 144 valence electrons. The van der Waals surface area contributed by atoms with Gasteiger partial charge in [-0.3, -0.25) is 0 Å². The van der Waals surface area contributed by atoms with Crippen molar-refractivity contribution in [1.29, 1.82) is 0 Å². The van der Waals surface area contributed by atoms with Crippen molar-refractivity contribution in [2.45, 2.75) is 33.4 Å². The number of nitrogens with zero attached hydrogens (tertiary/aromatic N) is 1. The van der Waals surface area contributed by atoms with Crippen LogP contribution in [0.3, 0.4) is 0 Å². The zero-order chi connectivity index (χ0) is 19.4. The van der Waals surface area contributed by atoms with E-state index >= 15 is 0 Å². The van der Waals surface area contributed by atoms with Crippen LogP contribution in [0, 0.1) is 5.41 Å². The molecule has 7 heteroatoms. The van der Waals surface area contributed by atoms with Gasteiger partial charge in [-0.1, -0.05) is 39.0 Å². The normalized spacial score (nSPS) is 15.4. The van der Waals surface area contributed by atoms with Gasteiger partial charge in [-0.05, 0) is 34.6 Å². The molecule has 2 heterocycles. The summed E-state index contributed by atoms with van der Waals surface area (Å²) in [5.74, 6) is 0. The van der Waals surface area contributed by atoms with E-state index < -0.39 is 0 Å². The fraction of sp³-hybridized carbons (Fsp3) is 0.400. The molecule has 3 amide bonds. The number of hydrogen-bond acceptors (Lipinski definition) is 4. The van der Waals surface area contributed by atoms with E-state index in [2.05, 4.69) is 31.4 Å². The monoisotopic (exact) mass is 387 g/mol. The van der Waals surface area contributed by atoms with Gasteiger partial charge in [0.25, 0.3) is 0 Å². The summed E-state index contributed by atoms with van der Waals surface area (Å²) in [6.45, 7) is 7.88. The summed E-state index contributed by atoms with van der Waals surface area (Å²) in [6, 6.07) is 11.2.